The minimum atomic E-state index is -0.472. The van der Waals surface area contributed by atoms with Gasteiger partial charge in [-0.2, -0.15) is 0 Å². The molecule has 54 valence electrons. The van der Waals surface area contributed by atoms with Crippen molar-refractivity contribution < 1.29 is 9.53 Å². The summed E-state index contributed by atoms with van der Waals surface area (Å²) >= 11 is 0. The van der Waals surface area contributed by atoms with E-state index in [1.165, 1.54) is 0 Å². The van der Waals surface area contributed by atoms with E-state index in [9.17, 15) is 4.79 Å². The van der Waals surface area contributed by atoms with E-state index >= 15 is 0 Å². The predicted octanol–water partition coefficient (Wildman–Crippen LogP) is 1.13. The molecule has 0 aromatic carbocycles. The third kappa shape index (κ3) is 4.92. The second kappa shape index (κ2) is 5.90. The van der Waals surface area contributed by atoms with E-state index in [4.69, 9.17) is 0 Å². The molecule has 0 aliphatic heterocycles. The van der Waals surface area contributed by atoms with Crippen LogP contribution in [-0.2, 0) is 9.53 Å². The molecule has 10 heavy (non-hydrogen) atoms. The number of hydrogen-bond donors (Lipinski definition) is 0. The zero-order chi connectivity index (χ0) is 7.82. The SMILES string of the molecule is C/C=C/C#CC(=O)OCC. The van der Waals surface area contributed by atoms with Crippen LogP contribution in [0, 0.1) is 11.8 Å². The Kier molecular flexibility index (Phi) is 5.17. The lowest BCUT2D eigenvalue weighted by Crippen LogP contribution is -1.98. The first-order valence-electron chi connectivity index (χ1n) is 3.10. The van der Waals surface area contributed by atoms with E-state index in [1.54, 1.807) is 19.1 Å². The number of hydrogen-bond acceptors (Lipinski definition) is 2. The number of carbonyl (C=O) groups excluding carboxylic acids is 1. The van der Waals surface area contributed by atoms with Gasteiger partial charge in [0.2, 0.25) is 0 Å². The first kappa shape index (κ1) is 8.77. The summed E-state index contributed by atoms with van der Waals surface area (Å²) in [5.41, 5.74) is 0. The highest BCUT2D eigenvalue weighted by atomic mass is 16.5. The molecule has 0 spiro atoms. The van der Waals surface area contributed by atoms with Crippen LogP contribution in [0.4, 0.5) is 0 Å². The fourth-order valence-corrected chi connectivity index (χ4v) is 0.351. The summed E-state index contributed by atoms with van der Waals surface area (Å²) in [6.07, 6.45) is 3.35. The van der Waals surface area contributed by atoms with E-state index in [-0.39, 0.29) is 0 Å². The van der Waals surface area contributed by atoms with Crippen LogP contribution < -0.4 is 0 Å². The van der Waals surface area contributed by atoms with Crippen molar-refractivity contribution >= 4 is 5.97 Å². The van der Waals surface area contributed by atoms with Crippen molar-refractivity contribution in [2.24, 2.45) is 0 Å². The second-order valence-corrected chi connectivity index (χ2v) is 1.49. The third-order valence-corrected chi connectivity index (χ3v) is 0.700. The molecule has 0 amide bonds. The Bertz CT molecular complexity index is 181. The minimum Gasteiger partial charge on any atom is -0.456 e. The van der Waals surface area contributed by atoms with Crippen molar-refractivity contribution in [3.05, 3.63) is 12.2 Å². The Hall–Kier alpha value is -1.23. The van der Waals surface area contributed by atoms with Crippen LogP contribution >= 0.6 is 0 Å². The highest BCUT2D eigenvalue weighted by molar-refractivity contribution is 5.88. The first-order valence-corrected chi connectivity index (χ1v) is 3.10. The fourth-order valence-electron chi connectivity index (χ4n) is 0.351. The fraction of sp³-hybridized carbons (Fsp3) is 0.375. The van der Waals surface area contributed by atoms with Gasteiger partial charge in [0.25, 0.3) is 0 Å². The molecule has 0 heterocycles. The topological polar surface area (TPSA) is 26.3 Å². The molecular weight excluding hydrogens is 128 g/mol. The molecule has 0 fully saturated rings. The van der Waals surface area contributed by atoms with Gasteiger partial charge in [0.05, 0.1) is 6.61 Å². The molecule has 2 heteroatoms. The molecule has 0 saturated heterocycles. The Balaban J connectivity index is 3.69. The summed E-state index contributed by atoms with van der Waals surface area (Å²) in [7, 11) is 0. The first-order chi connectivity index (χ1) is 4.81. The smallest absolute Gasteiger partial charge is 0.384 e. The molecule has 0 radical (unpaired) electrons. The normalized spacial score (nSPS) is 8.60. The molecule has 0 rings (SSSR count). The predicted molar refractivity (Wildman–Crippen MR) is 39.2 cm³/mol. The largest absolute Gasteiger partial charge is 0.456 e. The lowest BCUT2D eigenvalue weighted by atomic mass is 10.5. The maximum atomic E-state index is 10.5. The maximum Gasteiger partial charge on any atom is 0.384 e. The highest BCUT2D eigenvalue weighted by Crippen LogP contribution is 1.74. The Morgan fingerprint density at radius 1 is 1.70 bits per heavy atom. The maximum absolute atomic E-state index is 10.5. The lowest BCUT2D eigenvalue weighted by molar-refractivity contribution is -0.136. The molecule has 0 bridgehead atoms. The Morgan fingerprint density at radius 3 is 2.90 bits per heavy atom. The molecule has 2 nitrogen and oxygen atoms in total. The van der Waals surface area contributed by atoms with E-state index in [0.717, 1.165) is 0 Å². The summed E-state index contributed by atoms with van der Waals surface area (Å²) in [4.78, 5) is 10.5. The van der Waals surface area contributed by atoms with Gasteiger partial charge < -0.3 is 4.74 Å². The van der Waals surface area contributed by atoms with Crippen LogP contribution in [0.1, 0.15) is 13.8 Å². The Morgan fingerprint density at radius 2 is 2.40 bits per heavy atom. The van der Waals surface area contributed by atoms with E-state index in [0.29, 0.717) is 6.61 Å². The van der Waals surface area contributed by atoms with Gasteiger partial charge in [-0.25, -0.2) is 4.79 Å². The summed E-state index contributed by atoms with van der Waals surface area (Å²) < 4.78 is 4.54. The van der Waals surface area contributed by atoms with Crippen molar-refractivity contribution in [2.45, 2.75) is 13.8 Å². The molecule has 0 aromatic heterocycles. The number of allylic oxidation sites excluding steroid dienone is 2. The van der Waals surface area contributed by atoms with Gasteiger partial charge in [-0.15, -0.1) is 0 Å². The number of ether oxygens (including phenoxy) is 1. The highest BCUT2D eigenvalue weighted by Gasteiger charge is 1.89. The van der Waals surface area contributed by atoms with Gasteiger partial charge in [0, 0.05) is 5.92 Å². The van der Waals surface area contributed by atoms with Crippen LogP contribution in [-0.4, -0.2) is 12.6 Å². The molecular formula is C8H10O2. The second-order valence-electron chi connectivity index (χ2n) is 1.49. The third-order valence-electron chi connectivity index (χ3n) is 0.700. The molecule has 0 aliphatic carbocycles. The van der Waals surface area contributed by atoms with Crippen LogP contribution in [0.2, 0.25) is 0 Å². The van der Waals surface area contributed by atoms with E-state index in [2.05, 4.69) is 16.6 Å². The summed E-state index contributed by atoms with van der Waals surface area (Å²) in [5.74, 6) is 4.33. The van der Waals surface area contributed by atoms with Crippen molar-refractivity contribution in [3.63, 3.8) is 0 Å². The van der Waals surface area contributed by atoms with Gasteiger partial charge in [-0.05, 0) is 19.9 Å². The van der Waals surface area contributed by atoms with Crippen LogP contribution in [0.15, 0.2) is 12.2 Å². The van der Waals surface area contributed by atoms with Crippen LogP contribution in [0.3, 0.4) is 0 Å². The van der Waals surface area contributed by atoms with Gasteiger partial charge in [0.1, 0.15) is 0 Å². The molecule has 0 saturated carbocycles. The number of esters is 1. The van der Waals surface area contributed by atoms with Crippen molar-refractivity contribution in [1.29, 1.82) is 0 Å². The lowest BCUT2D eigenvalue weighted by Gasteiger charge is -1.89. The summed E-state index contributed by atoms with van der Waals surface area (Å²) in [6.45, 7) is 3.96. The molecule has 0 atom stereocenters. The zero-order valence-corrected chi connectivity index (χ0v) is 6.18. The zero-order valence-electron chi connectivity index (χ0n) is 6.18. The number of carbonyl (C=O) groups is 1. The molecule has 0 N–H and O–H groups in total. The van der Waals surface area contributed by atoms with Crippen molar-refractivity contribution in [2.75, 3.05) is 6.61 Å². The van der Waals surface area contributed by atoms with Gasteiger partial charge in [-0.3, -0.25) is 0 Å². The summed E-state index contributed by atoms with van der Waals surface area (Å²) in [6, 6.07) is 0. The van der Waals surface area contributed by atoms with Crippen molar-refractivity contribution in [1.82, 2.24) is 0 Å². The standard InChI is InChI=1S/C8H10O2/c1-3-5-6-7-8(9)10-4-2/h3,5H,4H2,1-2H3/b5-3+. The number of rotatable bonds is 1. The van der Waals surface area contributed by atoms with E-state index in [1.807, 2.05) is 6.92 Å². The molecule has 0 aromatic rings. The average molecular weight is 138 g/mol. The summed E-state index contributed by atoms with van der Waals surface area (Å²) in [5, 5.41) is 0. The monoisotopic (exact) mass is 138 g/mol. The van der Waals surface area contributed by atoms with Crippen LogP contribution in [0.25, 0.3) is 0 Å². The van der Waals surface area contributed by atoms with Gasteiger partial charge >= 0.3 is 5.97 Å². The van der Waals surface area contributed by atoms with Crippen molar-refractivity contribution in [3.8, 4) is 11.8 Å². The molecule has 0 unspecified atom stereocenters. The molecule has 0 aliphatic rings. The van der Waals surface area contributed by atoms with Gasteiger partial charge in [-0.1, -0.05) is 12.0 Å². The quantitative estimate of drug-likeness (QED) is 0.308. The van der Waals surface area contributed by atoms with E-state index < -0.39 is 5.97 Å². The van der Waals surface area contributed by atoms with Crippen LogP contribution in [0.5, 0.6) is 0 Å². The van der Waals surface area contributed by atoms with Gasteiger partial charge in [0.15, 0.2) is 0 Å². The average Bonchev–Trinajstić information content (AvgIpc) is 1.89. The minimum absolute atomic E-state index is 0.378. The Labute approximate surface area is 60.9 Å².